The van der Waals surface area contributed by atoms with E-state index in [2.05, 4.69) is 4.98 Å². The van der Waals surface area contributed by atoms with Crippen LogP contribution in [0.5, 0.6) is 0 Å². The average molecular weight is 277 g/mol. The number of hydrogen-bond donors (Lipinski definition) is 0. The van der Waals surface area contributed by atoms with Gasteiger partial charge in [-0.25, -0.2) is 4.98 Å². The lowest BCUT2D eigenvalue weighted by molar-refractivity contribution is -0.384. The van der Waals surface area contributed by atoms with Gasteiger partial charge >= 0.3 is 0 Å². The second-order valence-electron chi connectivity index (χ2n) is 3.86. The number of Topliss-reactive ketones (excluding diaryl/α,β-unsaturated/α-hetero) is 1. The number of hydrogen-bond acceptors (Lipinski definition) is 4. The van der Waals surface area contributed by atoms with Gasteiger partial charge in [-0.15, -0.1) is 0 Å². The maximum atomic E-state index is 11.6. The van der Waals surface area contributed by atoms with Crippen LogP contribution in [0.4, 0.5) is 5.69 Å². The summed E-state index contributed by atoms with van der Waals surface area (Å²) in [7, 11) is 0. The summed E-state index contributed by atoms with van der Waals surface area (Å²) in [5, 5.41) is 11.2. The first-order chi connectivity index (χ1) is 9.00. The van der Waals surface area contributed by atoms with E-state index in [1.165, 1.54) is 19.1 Å². The highest BCUT2D eigenvalue weighted by molar-refractivity contribution is 6.29. The van der Waals surface area contributed by atoms with E-state index in [0.717, 1.165) is 0 Å². The lowest BCUT2D eigenvalue weighted by atomic mass is 10.0. The molecule has 0 saturated carbocycles. The van der Waals surface area contributed by atoms with Gasteiger partial charge in [-0.3, -0.25) is 14.9 Å². The minimum Gasteiger partial charge on any atom is -0.294 e. The van der Waals surface area contributed by atoms with E-state index in [1.807, 2.05) is 0 Å². The highest BCUT2D eigenvalue weighted by Gasteiger charge is 2.20. The van der Waals surface area contributed by atoms with Crippen molar-refractivity contribution in [3.8, 4) is 11.3 Å². The topological polar surface area (TPSA) is 73.1 Å². The Kier molecular flexibility index (Phi) is 3.57. The third-order valence-electron chi connectivity index (χ3n) is 2.60. The van der Waals surface area contributed by atoms with E-state index in [0.29, 0.717) is 11.1 Å². The van der Waals surface area contributed by atoms with Gasteiger partial charge in [-0.2, -0.15) is 0 Å². The molecule has 96 valence electrons. The average Bonchev–Trinajstić information content (AvgIpc) is 2.38. The summed E-state index contributed by atoms with van der Waals surface area (Å²) in [6, 6.07) is 9.22. The fraction of sp³-hybridized carbons (Fsp3) is 0.0769. The molecule has 0 spiro atoms. The van der Waals surface area contributed by atoms with Crippen LogP contribution in [0.15, 0.2) is 36.4 Å². The lowest BCUT2D eigenvalue weighted by Crippen LogP contribution is -2.00. The molecule has 0 unspecified atom stereocenters. The number of pyridine rings is 1. The molecular formula is C13H9ClN2O3. The molecule has 1 aromatic heterocycles. The van der Waals surface area contributed by atoms with Crippen molar-refractivity contribution >= 4 is 23.1 Å². The van der Waals surface area contributed by atoms with Crippen LogP contribution in [0.3, 0.4) is 0 Å². The fourth-order valence-electron chi connectivity index (χ4n) is 1.77. The van der Waals surface area contributed by atoms with Gasteiger partial charge in [0.25, 0.3) is 5.69 Å². The SMILES string of the molecule is CC(=O)c1ccccc1-c1nc(Cl)ccc1[N+](=O)[O-]. The van der Waals surface area contributed by atoms with E-state index < -0.39 is 4.92 Å². The molecule has 19 heavy (non-hydrogen) atoms. The van der Waals surface area contributed by atoms with E-state index in [1.54, 1.807) is 24.3 Å². The van der Waals surface area contributed by atoms with Gasteiger partial charge < -0.3 is 0 Å². The molecule has 5 nitrogen and oxygen atoms in total. The van der Waals surface area contributed by atoms with Crippen LogP contribution in [-0.4, -0.2) is 15.7 Å². The van der Waals surface area contributed by atoms with E-state index in [9.17, 15) is 14.9 Å². The first-order valence-corrected chi connectivity index (χ1v) is 5.80. The Morgan fingerprint density at radius 1 is 1.26 bits per heavy atom. The van der Waals surface area contributed by atoms with Crippen LogP contribution in [0, 0.1) is 10.1 Å². The molecular weight excluding hydrogens is 268 g/mol. The molecule has 2 aromatic rings. The summed E-state index contributed by atoms with van der Waals surface area (Å²) in [6.07, 6.45) is 0. The van der Waals surface area contributed by atoms with Crippen LogP contribution in [0.2, 0.25) is 5.15 Å². The van der Waals surface area contributed by atoms with Gasteiger partial charge in [-0.05, 0) is 13.0 Å². The lowest BCUT2D eigenvalue weighted by Gasteiger charge is -2.07. The second-order valence-corrected chi connectivity index (χ2v) is 4.25. The number of halogens is 1. The van der Waals surface area contributed by atoms with Crippen LogP contribution >= 0.6 is 11.6 Å². The number of carbonyl (C=O) groups excluding carboxylic acids is 1. The van der Waals surface area contributed by atoms with Crippen molar-refractivity contribution in [2.24, 2.45) is 0 Å². The zero-order chi connectivity index (χ0) is 14.0. The molecule has 0 amide bonds. The molecule has 2 rings (SSSR count). The van der Waals surface area contributed by atoms with Crippen molar-refractivity contribution in [2.45, 2.75) is 6.92 Å². The molecule has 0 aliphatic heterocycles. The van der Waals surface area contributed by atoms with Crippen molar-refractivity contribution < 1.29 is 9.72 Å². The third-order valence-corrected chi connectivity index (χ3v) is 2.81. The molecule has 0 aliphatic carbocycles. The summed E-state index contributed by atoms with van der Waals surface area (Å²) < 4.78 is 0. The first kappa shape index (κ1) is 13.2. The number of benzene rings is 1. The Morgan fingerprint density at radius 3 is 2.58 bits per heavy atom. The van der Waals surface area contributed by atoms with Crippen molar-refractivity contribution in [2.75, 3.05) is 0 Å². The number of carbonyl (C=O) groups is 1. The molecule has 0 radical (unpaired) electrons. The Balaban J connectivity index is 2.75. The van der Waals surface area contributed by atoms with Crippen molar-refractivity contribution in [3.05, 3.63) is 57.2 Å². The molecule has 0 N–H and O–H groups in total. The summed E-state index contributed by atoms with van der Waals surface area (Å²) in [5.74, 6) is -0.188. The highest BCUT2D eigenvalue weighted by Crippen LogP contribution is 2.31. The number of aromatic nitrogens is 1. The molecule has 0 fully saturated rings. The second kappa shape index (κ2) is 5.16. The van der Waals surface area contributed by atoms with Crippen LogP contribution in [-0.2, 0) is 0 Å². The predicted molar refractivity (Wildman–Crippen MR) is 71.3 cm³/mol. The van der Waals surface area contributed by atoms with Crippen molar-refractivity contribution in [1.82, 2.24) is 4.98 Å². The third kappa shape index (κ3) is 2.61. The zero-order valence-electron chi connectivity index (χ0n) is 9.96. The maximum Gasteiger partial charge on any atom is 0.295 e. The van der Waals surface area contributed by atoms with Crippen LogP contribution in [0.1, 0.15) is 17.3 Å². The van der Waals surface area contributed by atoms with Gasteiger partial charge in [0.05, 0.1) is 4.92 Å². The smallest absolute Gasteiger partial charge is 0.294 e. The van der Waals surface area contributed by atoms with Gasteiger partial charge in [0.2, 0.25) is 0 Å². The van der Waals surface area contributed by atoms with Gasteiger partial charge in [0, 0.05) is 17.2 Å². The highest BCUT2D eigenvalue weighted by atomic mass is 35.5. The van der Waals surface area contributed by atoms with Crippen LogP contribution < -0.4 is 0 Å². The Labute approximate surface area is 114 Å². The van der Waals surface area contributed by atoms with E-state index >= 15 is 0 Å². The van der Waals surface area contributed by atoms with E-state index in [-0.39, 0.29) is 22.3 Å². The molecule has 0 bridgehead atoms. The minimum absolute atomic E-state index is 0.100. The normalized spacial score (nSPS) is 10.2. The summed E-state index contributed by atoms with van der Waals surface area (Å²) >= 11 is 5.78. The fourth-order valence-corrected chi connectivity index (χ4v) is 1.92. The standard InChI is InChI=1S/C13H9ClN2O3/c1-8(17)9-4-2-3-5-10(9)13-11(16(18)19)6-7-12(14)15-13/h2-7H,1H3. The number of nitrogens with zero attached hydrogens (tertiary/aromatic N) is 2. The zero-order valence-corrected chi connectivity index (χ0v) is 10.7. The quantitative estimate of drug-likeness (QED) is 0.372. The molecule has 0 saturated heterocycles. The van der Waals surface area contributed by atoms with Crippen molar-refractivity contribution in [3.63, 3.8) is 0 Å². The largest absolute Gasteiger partial charge is 0.295 e. The predicted octanol–water partition coefficient (Wildman–Crippen LogP) is 3.51. The summed E-state index contributed by atoms with van der Waals surface area (Å²) in [4.78, 5) is 26.0. The van der Waals surface area contributed by atoms with Gasteiger partial charge in [-0.1, -0.05) is 35.9 Å². The number of rotatable bonds is 3. The molecule has 1 aromatic carbocycles. The Bertz CT molecular complexity index is 671. The first-order valence-electron chi connectivity index (χ1n) is 5.42. The van der Waals surface area contributed by atoms with E-state index in [4.69, 9.17) is 11.6 Å². The Hall–Kier alpha value is -2.27. The maximum absolute atomic E-state index is 11.6. The molecule has 6 heteroatoms. The minimum atomic E-state index is -0.546. The van der Waals surface area contributed by atoms with Gasteiger partial charge in [0.1, 0.15) is 5.15 Å². The molecule has 0 atom stereocenters. The summed E-state index contributed by atoms with van der Waals surface area (Å²) in [6.45, 7) is 1.40. The molecule has 1 heterocycles. The molecule has 0 aliphatic rings. The Morgan fingerprint density at radius 2 is 1.95 bits per heavy atom. The monoisotopic (exact) mass is 276 g/mol. The summed E-state index contributed by atoms with van der Waals surface area (Å²) in [5.41, 5.74) is 0.700. The van der Waals surface area contributed by atoms with Gasteiger partial charge in [0.15, 0.2) is 11.5 Å². The number of nitro groups is 1. The number of ketones is 1. The van der Waals surface area contributed by atoms with Crippen molar-refractivity contribution in [1.29, 1.82) is 0 Å². The van der Waals surface area contributed by atoms with Crippen LogP contribution in [0.25, 0.3) is 11.3 Å².